The molecule has 0 radical (unpaired) electrons. The summed E-state index contributed by atoms with van der Waals surface area (Å²) >= 11 is 7.63. The molecule has 2 aromatic rings. The van der Waals surface area contributed by atoms with Gasteiger partial charge in [0.05, 0.1) is 5.88 Å². The molecule has 0 aliphatic rings. The van der Waals surface area contributed by atoms with Crippen molar-refractivity contribution in [3.63, 3.8) is 0 Å². The Labute approximate surface area is 105 Å². The quantitative estimate of drug-likeness (QED) is 0.600. The van der Waals surface area contributed by atoms with Crippen molar-refractivity contribution in [3.05, 3.63) is 48.5 Å². The third kappa shape index (κ3) is 3.03. The van der Waals surface area contributed by atoms with Crippen LogP contribution in [0.2, 0.25) is 0 Å². The molecule has 0 bridgehead atoms. The van der Waals surface area contributed by atoms with E-state index in [0.29, 0.717) is 5.88 Å². The van der Waals surface area contributed by atoms with Gasteiger partial charge in [0.2, 0.25) is 0 Å². The standard InChI is InChI=1S/C12H13ClN2S/c13-10-12-14-6-7-15(12)8-9-16-11-4-2-1-3-5-11/h1-7H,8-10H2. The molecule has 0 fully saturated rings. The number of nitrogens with zero attached hydrogens (tertiary/aromatic N) is 2. The normalized spacial score (nSPS) is 10.6. The molecular formula is C12H13ClN2S. The van der Waals surface area contributed by atoms with Crippen molar-refractivity contribution in [1.29, 1.82) is 0 Å². The zero-order chi connectivity index (χ0) is 11.2. The number of hydrogen-bond donors (Lipinski definition) is 0. The number of thioether (sulfide) groups is 1. The molecule has 4 heteroatoms. The van der Waals surface area contributed by atoms with Gasteiger partial charge in [-0.3, -0.25) is 0 Å². The highest BCUT2D eigenvalue weighted by molar-refractivity contribution is 7.99. The lowest BCUT2D eigenvalue weighted by Crippen LogP contribution is -2.03. The van der Waals surface area contributed by atoms with Crippen molar-refractivity contribution in [2.24, 2.45) is 0 Å². The Kier molecular flexibility index (Phi) is 4.31. The van der Waals surface area contributed by atoms with E-state index in [1.807, 2.05) is 24.0 Å². The Balaban J connectivity index is 1.85. The topological polar surface area (TPSA) is 17.8 Å². The van der Waals surface area contributed by atoms with Gasteiger partial charge in [0.25, 0.3) is 0 Å². The molecule has 0 amide bonds. The molecule has 1 aromatic heterocycles. The number of imidazole rings is 1. The summed E-state index contributed by atoms with van der Waals surface area (Å²) in [6, 6.07) is 10.4. The summed E-state index contributed by atoms with van der Waals surface area (Å²) in [5, 5.41) is 0. The van der Waals surface area contributed by atoms with Crippen molar-refractivity contribution in [1.82, 2.24) is 9.55 Å². The lowest BCUT2D eigenvalue weighted by molar-refractivity contribution is 0.732. The molecule has 0 aliphatic heterocycles. The zero-order valence-corrected chi connectivity index (χ0v) is 10.4. The second-order valence-corrected chi connectivity index (χ2v) is 4.77. The van der Waals surface area contributed by atoms with Crippen molar-refractivity contribution < 1.29 is 0 Å². The SMILES string of the molecule is ClCc1nccn1CCSc1ccccc1. The van der Waals surface area contributed by atoms with Crippen molar-refractivity contribution in [2.45, 2.75) is 17.3 Å². The highest BCUT2D eigenvalue weighted by atomic mass is 35.5. The molecule has 0 saturated carbocycles. The molecule has 0 spiro atoms. The fraction of sp³-hybridized carbons (Fsp3) is 0.250. The highest BCUT2D eigenvalue weighted by Crippen LogP contribution is 2.17. The van der Waals surface area contributed by atoms with E-state index in [9.17, 15) is 0 Å². The summed E-state index contributed by atoms with van der Waals surface area (Å²) in [5.74, 6) is 2.45. The average molecular weight is 253 g/mol. The van der Waals surface area contributed by atoms with Crippen LogP contribution in [0, 0.1) is 0 Å². The van der Waals surface area contributed by atoms with Gasteiger partial charge in [0.1, 0.15) is 5.82 Å². The Morgan fingerprint density at radius 2 is 2.06 bits per heavy atom. The predicted molar refractivity (Wildman–Crippen MR) is 69.0 cm³/mol. The van der Waals surface area contributed by atoms with Crippen LogP contribution in [0.4, 0.5) is 0 Å². The van der Waals surface area contributed by atoms with Crippen LogP contribution in [-0.2, 0) is 12.4 Å². The first kappa shape index (κ1) is 11.6. The van der Waals surface area contributed by atoms with Crippen molar-refractivity contribution in [2.75, 3.05) is 5.75 Å². The smallest absolute Gasteiger partial charge is 0.123 e. The third-order valence-electron chi connectivity index (χ3n) is 2.27. The number of hydrogen-bond acceptors (Lipinski definition) is 2. The fourth-order valence-corrected chi connectivity index (χ4v) is 2.55. The monoisotopic (exact) mass is 252 g/mol. The minimum absolute atomic E-state index is 0.475. The minimum atomic E-state index is 0.475. The number of aromatic nitrogens is 2. The largest absolute Gasteiger partial charge is 0.333 e. The molecule has 2 nitrogen and oxygen atoms in total. The van der Waals surface area contributed by atoms with Crippen LogP contribution in [0.25, 0.3) is 0 Å². The molecule has 2 rings (SSSR count). The summed E-state index contributed by atoms with van der Waals surface area (Å²) in [4.78, 5) is 5.48. The van der Waals surface area contributed by atoms with E-state index < -0.39 is 0 Å². The molecule has 1 aromatic carbocycles. The Bertz CT molecular complexity index is 428. The van der Waals surface area contributed by atoms with Gasteiger partial charge in [-0.1, -0.05) is 18.2 Å². The Morgan fingerprint density at radius 1 is 1.25 bits per heavy atom. The van der Waals surface area contributed by atoms with Gasteiger partial charge in [-0.2, -0.15) is 0 Å². The zero-order valence-electron chi connectivity index (χ0n) is 8.84. The van der Waals surface area contributed by atoms with E-state index in [1.165, 1.54) is 4.90 Å². The van der Waals surface area contributed by atoms with E-state index in [-0.39, 0.29) is 0 Å². The van der Waals surface area contributed by atoms with Gasteiger partial charge in [-0.15, -0.1) is 23.4 Å². The molecule has 16 heavy (non-hydrogen) atoms. The van der Waals surface area contributed by atoms with E-state index in [1.54, 1.807) is 6.20 Å². The predicted octanol–water partition coefficient (Wildman–Crippen LogP) is 3.41. The van der Waals surface area contributed by atoms with Crippen LogP contribution in [0.3, 0.4) is 0 Å². The van der Waals surface area contributed by atoms with Crippen LogP contribution < -0.4 is 0 Å². The molecule has 1 heterocycles. The van der Waals surface area contributed by atoms with Gasteiger partial charge in [-0.05, 0) is 12.1 Å². The van der Waals surface area contributed by atoms with Gasteiger partial charge in [0, 0.05) is 29.6 Å². The Hall–Kier alpha value is -0.930. The van der Waals surface area contributed by atoms with Crippen LogP contribution in [0.15, 0.2) is 47.6 Å². The lowest BCUT2D eigenvalue weighted by Gasteiger charge is -2.05. The van der Waals surface area contributed by atoms with Gasteiger partial charge in [-0.25, -0.2) is 4.98 Å². The van der Waals surface area contributed by atoms with Crippen molar-refractivity contribution >= 4 is 23.4 Å². The van der Waals surface area contributed by atoms with Crippen LogP contribution >= 0.6 is 23.4 Å². The number of aryl methyl sites for hydroxylation is 1. The minimum Gasteiger partial charge on any atom is -0.333 e. The number of rotatable bonds is 5. The summed E-state index contributed by atoms with van der Waals surface area (Å²) in [7, 11) is 0. The highest BCUT2D eigenvalue weighted by Gasteiger charge is 2.00. The molecule has 0 aliphatic carbocycles. The lowest BCUT2D eigenvalue weighted by atomic mass is 10.4. The first-order chi connectivity index (χ1) is 7.90. The second kappa shape index (κ2) is 5.97. The first-order valence-corrected chi connectivity index (χ1v) is 6.66. The summed E-state index contributed by atoms with van der Waals surface area (Å²) in [5.41, 5.74) is 0. The number of halogens is 1. The van der Waals surface area contributed by atoms with E-state index in [2.05, 4.69) is 33.8 Å². The van der Waals surface area contributed by atoms with Crippen LogP contribution in [0.5, 0.6) is 0 Å². The summed E-state index contributed by atoms with van der Waals surface area (Å²) in [6.45, 7) is 0.946. The third-order valence-corrected chi connectivity index (χ3v) is 3.50. The molecule has 0 atom stereocenters. The number of alkyl halides is 1. The molecular weight excluding hydrogens is 240 g/mol. The van der Waals surface area contributed by atoms with Crippen molar-refractivity contribution in [3.8, 4) is 0 Å². The maximum absolute atomic E-state index is 5.78. The Morgan fingerprint density at radius 3 is 2.81 bits per heavy atom. The fourth-order valence-electron chi connectivity index (χ4n) is 1.45. The molecule has 84 valence electrons. The van der Waals surface area contributed by atoms with E-state index >= 15 is 0 Å². The summed E-state index contributed by atoms with van der Waals surface area (Å²) < 4.78 is 2.10. The summed E-state index contributed by atoms with van der Waals surface area (Å²) in [6.07, 6.45) is 3.77. The maximum atomic E-state index is 5.78. The molecule has 0 unspecified atom stereocenters. The van der Waals surface area contributed by atoms with Crippen LogP contribution in [-0.4, -0.2) is 15.3 Å². The second-order valence-electron chi connectivity index (χ2n) is 3.33. The van der Waals surface area contributed by atoms with Gasteiger partial charge in [0.15, 0.2) is 0 Å². The average Bonchev–Trinajstić information content (AvgIpc) is 2.78. The van der Waals surface area contributed by atoms with Gasteiger partial charge >= 0.3 is 0 Å². The van der Waals surface area contributed by atoms with Crippen LogP contribution in [0.1, 0.15) is 5.82 Å². The first-order valence-electron chi connectivity index (χ1n) is 5.14. The molecule has 0 saturated heterocycles. The molecule has 0 N–H and O–H groups in total. The van der Waals surface area contributed by atoms with Gasteiger partial charge < -0.3 is 4.57 Å². The van der Waals surface area contributed by atoms with E-state index in [4.69, 9.17) is 11.6 Å². The maximum Gasteiger partial charge on any atom is 0.123 e. The van der Waals surface area contributed by atoms with E-state index in [0.717, 1.165) is 18.1 Å². The number of benzene rings is 1.